The predicted molar refractivity (Wildman–Crippen MR) is 163 cm³/mol. The van der Waals surface area contributed by atoms with E-state index in [9.17, 15) is 8.42 Å². The fourth-order valence-corrected chi connectivity index (χ4v) is 7.14. The number of hydrogen-bond acceptors (Lipinski definition) is 7. The van der Waals surface area contributed by atoms with Crippen molar-refractivity contribution in [3.05, 3.63) is 70.9 Å². The molecular weight excluding hydrogens is 598 g/mol. The number of hydrogen-bond donors (Lipinski definition) is 3. The number of pyridine rings is 1. The van der Waals surface area contributed by atoms with Gasteiger partial charge in [0, 0.05) is 35.5 Å². The molecule has 1 saturated heterocycles. The number of sulfonamides is 1. The minimum atomic E-state index is -4.29. The SMILES string of the molecule is CC(C)n1nc(-c2cc(F)c(NS(=O)(=O)c3ccccc3Cl)cc2F)c2c(N)ncc(C3=CC[C@H](NC4COC4)CC3)c21. The largest absolute Gasteiger partial charge is 0.383 e. The molecule has 1 aliphatic heterocycles. The highest BCUT2D eigenvalue weighted by molar-refractivity contribution is 7.92. The molecule has 0 spiro atoms. The number of nitrogens with one attached hydrogen (secondary N) is 2. The summed E-state index contributed by atoms with van der Waals surface area (Å²) >= 11 is 6.03. The number of nitrogens with zero attached hydrogens (tertiary/aromatic N) is 3. The van der Waals surface area contributed by atoms with Gasteiger partial charge in [0.1, 0.15) is 28.0 Å². The van der Waals surface area contributed by atoms with Crippen molar-refractivity contribution >= 4 is 49.6 Å². The van der Waals surface area contributed by atoms with Crippen molar-refractivity contribution in [2.24, 2.45) is 0 Å². The molecule has 0 saturated carbocycles. The maximum Gasteiger partial charge on any atom is 0.263 e. The lowest BCUT2D eigenvalue weighted by Gasteiger charge is -2.33. The van der Waals surface area contributed by atoms with Gasteiger partial charge in [-0.3, -0.25) is 9.40 Å². The molecule has 13 heteroatoms. The van der Waals surface area contributed by atoms with Gasteiger partial charge in [-0.15, -0.1) is 0 Å². The first kappa shape index (κ1) is 29.5. The number of fused-ring (bicyclic) bond motifs is 1. The van der Waals surface area contributed by atoms with Crippen molar-refractivity contribution in [3.63, 3.8) is 0 Å². The third-order valence-corrected chi connectivity index (χ3v) is 9.66. The lowest BCUT2D eigenvalue weighted by Crippen LogP contribution is -2.50. The molecule has 4 N–H and O–H groups in total. The number of allylic oxidation sites excluding steroid dienone is 1. The zero-order chi connectivity index (χ0) is 30.5. The highest BCUT2D eigenvalue weighted by Crippen LogP contribution is 2.41. The first-order valence-electron chi connectivity index (χ1n) is 14.0. The minimum absolute atomic E-state index is 0.0511. The quantitative estimate of drug-likeness (QED) is 0.221. The van der Waals surface area contributed by atoms with E-state index in [1.54, 1.807) is 16.9 Å². The van der Waals surface area contributed by atoms with Gasteiger partial charge in [-0.2, -0.15) is 5.10 Å². The summed E-state index contributed by atoms with van der Waals surface area (Å²) in [6.07, 6.45) is 6.47. The molecule has 43 heavy (non-hydrogen) atoms. The molecule has 1 atom stereocenters. The fraction of sp³-hybridized carbons (Fsp3) is 0.333. The van der Waals surface area contributed by atoms with Crippen molar-refractivity contribution in [1.29, 1.82) is 0 Å². The smallest absolute Gasteiger partial charge is 0.263 e. The topological polar surface area (TPSA) is 124 Å². The molecular formula is C30H31ClF2N6O3S. The van der Waals surface area contributed by atoms with E-state index in [0.717, 1.165) is 55.7 Å². The number of anilines is 2. The number of nitrogens with two attached hydrogens (primary N) is 1. The molecule has 0 radical (unpaired) electrons. The van der Waals surface area contributed by atoms with Crippen LogP contribution < -0.4 is 15.8 Å². The lowest BCUT2D eigenvalue weighted by molar-refractivity contribution is -0.0103. The molecule has 6 rings (SSSR count). The predicted octanol–water partition coefficient (Wildman–Crippen LogP) is 5.92. The summed E-state index contributed by atoms with van der Waals surface area (Å²) in [7, 11) is -4.29. The van der Waals surface area contributed by atoms with E-state index >= 15 is 8.78 Å². The Balaban J connectivity index is 1.39. The Morgan fingerprint density at radius 3 is 2.53 bits per heavy atom. The standard InChI is InChI=1S/C30H31ClF2N6O3S/c1-16(2)39-29-21(17-7-9-18(10-8-17)36-19-14-42-15-19)13-35-30(34)27(29)28(37-39)20-11-24(33)25(12-23(20)32)38-43(40,41)26-6-4-3-5-22(26)31/h3-7,11-13,16,18-19,36,38H,8-10,14-15H2,1-2H3,(H2,34,35)/t18-/m0/s1. The van der Waals surface area contributed by atoms with Gasteiger partial charge in [-0.1, -0.05) is 29.8 Å². The summed E-state index contributed by atoms with van der Waals surface area (Å²) in [4.78, 5) is 4.16. The first-order chi connectivity index (χ1) is 20.5. The Morgan fingerprint density at radius 1 is 1.12 bits per heavy atom. The Kier molecular flexibility index (Phi) is 7.88. The highest BCUT2D eigenvalue weighted by atomic mass is 35.5. The van der Waals surface area contributed by atoms with Crippen LogP contribution in [0.1, 0.15) is 44.7 Å². The summed E-state index contributed by atoms with van der Waals surface area (Å²) in [5, 5.41) is 8.67. The zero-order valence-electron chi connectivity index (χ0n) is 23.6. The van der Waals surface area contributed by atoms with Crippen LogP contribution in [-0.4, -0.2) is 48.5 Å². The van der Waals surface area contributed by atoms with Gasteiger partial charge >= 0.3 is 0 Å². The van der Waals surface area contributed by atoms with E-state index in [0.29, 0.717) is 23.0 Å². The van der Waals surface area contributed by atoms with Crippen molar-refractivity contribution in [3.8, 4) is 11.3 Å². The number of aromatic nitrogens is 3. The molecule has 0 bridgehead atoms. The normalized spacial score (nSPS) is 17.7. The second kappa shape index (κ2) is 11.5. The molecule has 3 heterocycles. The summed E-state index contributed by atoms with van der Waals surface area (Å²) in [6, 6.07) is 8.02. The van der Waals surface area contributed by atoms with Gasteiger partial charge in [-0.25, -0.2) is 22.2 Å². The van der Waals surface area contributed by atoms with Crippen LogP contribution >= 0.6 is 11.6 Å². The van der Waals surface area contributed by atoms with E-state index in [1.165, 1.54) is 18.2 Å². The summed E-state index contributed by atoms with van der Waals surface area (Å²) in [5.74, 6) is -1.75. The number of ether oxygens (including phenoxy) is 1. The molecule has 1 aliphatic carbocycles. The van der Waals surface area contributed by atoms with Crippen molar-refractivity contribution in [2.75, 3.05) is 23.7 Å². The summed E-state index contributed by atoms with van der Waals surface area (Å²) in [5.41, 5.74) is 8.36. The van der Waals surface area contributed by atoms with E-state index in [-0.39, 0.29) is 33.0 Å². The van der Waals surface area contributed by atoms with Crippen molar-refractivity contribution in [1.82, 2.24) is 20.1 Å². The first-order valence-corrected chi connectivity index (χ1v) is 15.9. The number of rotatable bonds is 8. The molecule has 226 valence electrons. The van der Waals surface area contributed by atoms with E-state index in [4.69, 9.17) is 27.2 Å². The molecule has 0 amide bonds. The van der Waals surface area contributed by atoms with Crippen molar-refractivity contribution < 1.29 is 21.9 Å². The van der Waals surface area contributed by atoms with Gasteiger partial charge in [0.15, 0.2) is 0 Å². The number of halogens is 3. The maximum atomic E-state index is 15.7. The van der Waals surface area contributed by atoms with Crippen LogP contribution in [-0.2, 0) is 14.8 Å². The molecule has 4 aromatic rings. The Morgan fingerprint density at radius 2 is 1.88 bits per heavy atom. The van der Waals surface area contributed by atoms with Crippen LogP contribution in [0.15, 0.2) is 53.6 Å². The Bertz CT molecular complexity index is 1860. The third kappa shape index (κ3) is 5.60. The van der Waals surface area contributed by atoms with E-state index in [1.807, 2.05) is 13.8 Å². The second-order valence-corrected chi connectivity index (χ2v) is 13.2. The van der Waals surface area contributed by atoms with E-state index in [2.05, 4.69) is 21.1 Å². The van der Waals surface area contributed by atoms with Gasteiger partial charge in [-0.05, 0) is 56.9 Å². The van der Waals surface area contributed by atoms with Crippen molar-refractivity contribution in [2.45, 2.75) is 56.1 Å². The van der Waals surface area contributed by atoms with Gasteiger partial charge in [0.25, 0.3) is 10.0 Å². The highest BCUT2D eigenvalue weighted by Gasteiger charge is 2.28. The molecule has 2 aromatic carbocycles. The van der Waals surface area contributed by atoms with Crippen LogP contribution in [0.2, 0.25) is 5.02 Å². The summed E-state index contributed by atoms with van der Waals surface area (Å²) < 4.78 is 66.0. The van der Waals surface area contributed by atoms with Crippen LogP contribution in [0.3, 0.4) is 0 Å². The molecule has 2 aliphatic rings. The second-order valence-electron chi connectivity index (χ2n) is 11.1. The number of benzene rings is 2. The lowest BCUT2D eigenvalue weighted by atomic mass is 9.89. The average molecular weight is 629 g/mol. The van der Waals surface area contributed by atoms with Crippen LogP contribution in [0.5, 0.6) is 0 Å². The molecule has 2 aromatic heterocycles. The monoisotopic (exact) mass is 628 g/mol. The van der Waals surface area contributed by atoms with Crippen LogP contribution in [0.4, 0.5) is 20.3 Å². The molecule has 1 fully saturated rings. The summed E-state index contributed by atoms with van der Waals surface area (Å²) in [6.45, 7) is 5.35. The van der Waals surface area contributed by atoms with E-state index < -0.39 is 27.3 Å². The van der Waals surface area contributed by atoms with Gasteiger partial charge in [0.2, 0.25) is 0 Å². The van der Waals surface area contributed by atoms with Gasteiger partial charge < -0.3 is 15.8 Å². The minimum Gasteiger partial charge on any atom is -0.383 e. The van der Waals surface area contributed by atoms with Crippen LogP contribution in [0, 0.1) is 11.6 Å². The van der Waals surface area contributed by atoms with Crippen LogP contribution in [0.25, 0.3) is 27.7 Å². The fourth-order valence-electron chi connectivity index (χ4n) is 5.56. The Hall–Kier alpha value is -3.58. The average Bonchev–Trinajstić information content (AvgIpc) is 3.35. The molecule has 9 nitrogen and oxygen atoms in total. The van der Waals surface area contributed by atoms with Gasteiger partial charge in [0.05, 0.1) is 40.9 Å². The zero-order valence-corrected chi connectivity index (χ0v) is 25.1. The Labute approximate surface area is 253 Å². The molecule has 0 unspecified atom stereocenters. The third-order valence-electron chi connectivity index (χ3n) is 7.79. The maximum absolute atomic E-state index is 15.7. The number of nitrogen functional groups attached to an aromatic ring is 1.